The summed E-state index contributed by atoms with van der Waals surface area (Å²) in [6, 6.07) is 6.76. The summed E-state index contributed by atoms with van der Waals surface area (Å²) in [4.78, 5) is 22.0. The van der Waals surface area contributed by atoms with E-state index in [4.69, 9.17) is 25.1 Å². The van der Waals surface area contributed by atoms with Gasteiger partial charge in [0.05, 0.1) is 14.2 Å². The first-order valence-electron chi connectivity index (χ1n) is 9.78. The number of carbonyl (C=O) groups excluding carboxylic acids is 1. The lowest BCUT2D eigenvalue weighted by Crippen LogP contribution is -2.47. The number of alkyl halides is 3. The molecule has 4 atom stereocenters. The quantitative estimate of drug-likeness (QED) is 0.654. The van der Waals surface area contributed by atoms with Crippen molar-refractivity contribution in [2.24, 2.45) is 11.7 Å². The highest BCUT2D eigenvalue weighted by Crippen LogP contribution is 2.41. The lowest BCUT2D eigenvalue weighted by atomic mass is 9.81. The number of carbonyl (C=O) groups is 2. The molecule has 1 aliphatic heterocycles. The van der Waals surface area contributed by atoms with Gasteiger partial charge in [0, 0.05) is 25.2 Å². The number of halogens is 3. The van der Waals surface area contributed by atoms with Gasteiger partial charge in [0.25, 0.3) is 0 Å². The topological polar surface area (TPSA) is 114 Å². The lowest BCUT2D eigenvalue weighted by molar-refractivity contribution is -0.192. The van der Waals surface area contributed by atoms with E-state index >= 15 is 0 Å². The van der Waals surface area contributed by atoms with Crippen LogP contribution in [0.5, 0.6) is 11.5 Å². The second kappa shape index (κ2) is 10.1. The molecule has 8 nitrogen and oxygen atoms in total. The Morgan fingerprint density at radius 1 is 1.16 bits per heavy atom. The maximum atomic E-state index is 11.4. The molecule has 1 aromatic carbocycles. The van der Waals surface area contributed by atoms with E-state index in [2.05, 4.69) is 17.4 Å². The molecule has 4 N–H and O–H groups in total. The van der Waals surface area contributed by atoms with Gasteiger partial charge in [0.15, 0.2) is 11.5 Å². The fraction of sp³-hybridized carbons (Fsp3) is 0.600. The van der Waals surface area contributed by atoms with Crippen molar-refractivity contribution in [3.05, 3.63) is 23.8 Å². The van der Waals surface area contributed by atoms with Crippen LogP contribution < -0.4 is 20.5 Å². The van der Waals surface area contributed by atoms with Crippen molar-refractivity contribution >= 4 is 12.0 Å². The molecule has 1 aliphatic carbocycles. The zero-order valence-electron chi connectivity index (χ0n) is 17.6. The molecule has 0 radical (unpaired) electrons. The summed E-state index contributed by atoms with van der Waals surface area (Å²) in [5.74, 6) is -0.592. The van der Waals surface area contributed by atoms with Crippen molar-refractivity contribution in [3.8, 4) is 11.5 Å². The van der Waals surface area contributed by atoms with Gasteiger partial charge in [-0.15, -0.1) is 0 Å². The number of carboxylic acids is 1. The highest BCUT2D eigenvalue weighted by molar-refractivity contribution is 5.73. The molecule has 2 aliphatic rings. The van der Waals surface area contributed by atoms with Crippen LogP contribution in [0.2, 0.25) is 0 Å². The number of carboxylic acid groups (broad SMARTS) is 1. The molecule has 0 bridgehead atoms. The molecule has 2 fully saturated rings. The van der Waals surface area contributed by atoms with E-state index < -0.39 is 12.1 Å². The molecule has 31 heavy (non-hydrogen) atoms. The minimum atomic E-state index is -5.08. The van der Waals surface area contributed by atoms with Crippen LogP contribution in [0, 0.1) is 5.92 Å². The number of nitrogens with one attached hydrogen (secondary N) is 1. The van der Waals surface area contributed by atoms with Gasteiger partial charge in [-0.2, -0.15) is 13.2 Å². The van der Waals surface area contributed by atoms with Gasteiger partial charge in [0.1, 0.15) is 0 Å². The third kappa shape index (κ3) is 6.16. The standard InChI is InChI=1S/C18H27N3O3.C2HF3O2/c1-21(18(19)22)13-6-4-11-8-14(20-15(11)10-13)12-5-7-16(23-2)17(9-12)24-3;3-2(4,5)1(6)7/h5,7,9,11,13-15,20H,4,6,8,10H2,1-3H3,(H2,19,22);(H,6,7). The van der Waals surface area contributed by atoms with Crippen LogP contribution in [-0.2, 0) is 4.79 Å². The van der Waals surface area contributed by atoms with Crippen molar-refractivity contribution in [1.29, 1.82) is 0 Å². The summed E-state index contributed by atoms with van der Waals surface area (Å²) in [7, 11) is 5.11. The summed E-state index contributed by atoms with van der Waals surface area (Å²) in [5.41, 5.74) is 6.65. The number of primary amides is 1. The Morgan fingerprint density at radius 3 is 2.29 bits per heavy atom. The zero-order chi connectivity index (χ0) is 23.3. The maximum absolute atomic E-state index is 11.4. The molecule has 1 saturated heterocycles. The molecule has 4 unspecified atom stereocenters. The number of rotatable bonds is 4. The Hall–Kier alpha value is -2.69. The van der Waals surface area contributed by atoms with E-state index in [1.54, 1.807) is 26.2 Å². The number of hydrogen-bond donors (Lipinski definition) is 3. The Labute approximate surface area is 178 Å². The van der Waals surface area contributed by atoms with Gasteiger partial charge in [-0.25, -0.2) is 9.59 Å². The predicted molar refractivity (Wildman–Crippen MR) is 106 cm³/mol. The second-order valence-corrected chi connectivity index (χ2v) is 7.65. The number of nitrogens with zero attached hydrogens (tertiary/aromatic N) is 1. The van der Waals surface area contributed by atoms with E-state index in [1.807, 2.05) is 6.07 Å². The smallest absolute Gasteiger partial charge is 0.490 e. The van der Waals surface area contributed by atoms with Gasteiger partial charge < -0.3 is 30.5 Å². The number of ether oxygens (including phenoxy) is 2. The van der Waals surface area contributed by atoms with Crippen LogP contribution >= 0.6 is 0 Å². The number of urea groups is 1. The van der Waals surface area contributed by atoms with Crippen LogP contribution in [0.25, 0.3) is 0 Å². The second-order valence-electron chi connectivity index (χ2n) is 7.65. The van der Waals surface area contributed by atoms with Crippen molar-refractivity contribution < 1.29 is 37.3 Å². The first kappa shape index (κ1) is 24.6. The summed E-state index contributed by atoms with van der Waals surface area (Å²) >= 11 is 0. The maximum Gasteiger partial charge on any atom is 0.490 e. The van der Waals surface area contributed by atoms with Gasteiger partial charge in [-0.3, -0.25) is 0 Å². The molecule has 0 aromatic heterocycles. The number of nitrogens with two attached hydrogens (primary N) is 1. The number of methoxy groups -OCH3 is 2. The Balaban J connectivity index is 0.000000423. The molecule has 1 saturated carbocycles. The SMILES string of the molecule is COc1ccc(C2CC3CCC(N(C)C(N)=O)CC3N2)cc1OC.O=C(O)C(F)(F)F. The Kier molecular flexibility index (Phi) is 7.99. The van der Waals surface area contributed by atoms with E-state index in [9.17, 15) is 18.0 Å². The summed E-state index contributed by atoms with van der Waals surface area (Å²) in [5, 5.41) is 10.9. The average molecular weight is 447 g/mol. The number of hydrogen-bond acceptors (Lipinski definition) is 5. The minimum absolute atomic E-state index is 0.236. The first-order chi connectivity index (χ1) is 14.5. The molecule has 0 spiro atoms. The van der Waals surface area contributed by atoms with Gasteiger partial charge in [-0.05, 0) is 49.3 Å². The van der Waals surface area contributed by atoms with Crippen molar-refractivity contribution in [1.82, 2.24) is 10.2 Å². The molecule has 174 valence electrons. The number of aliphatic carboxylic acids is 1. The molecule has 1 aromatic rings. The van der Waals surface area contributed by atoms with E-state index in [-0.39, 0.29) is 12.1 Å². The summed E-state index contributed by atoms with van der Waals surface area (Å²) in [6.07, 6.45) is -0.842. The van der Waals surface area contributed by atoms with Gasteiger partial charge in [0.2, 0.25) is 0 Å². The van der Waals surface area contributed by atoms with Crippen LogP contribution in [0.4, 0.5) is 18.0 Å². The average Bonchev–Trinajstić information content (AvgIpc) is 3.15. The van der Waals surface area contributed by atoms with Crippen molar-refractivity contribution in [3.63, 3.8) is 0 Å². The molecular weight excluding hydrogens is 419 g/mol. The third-order valence-corrected chi connectivity index (χ3v) is 5.87. The summed E-state index contributed by atoms with van der Waals surface area (Å²) < 4.78 is 42.5. The monoisotopic (exact) mass is 447 g/mol. The van der Waals surface area contributed by atoms with Crippen LogP contribution in [0.1, 0.15) is 37.3 Å². The largest absolute Gasteiger partial charge is 0.493 e. The van der Waals surface area contributed by atoms with E-state index in [1.165, 1.54) is 5.56 Å². The van der Waals surface area contributed by atoms with Crippen molar-refractivity contribution in [2.45, 2.75) is 50.0 Å². The molecule has 2 amide bonds. The first-order valence-corrected chi connectivity index (χ1v) is 9.78. The Bertz CT molecular complexity index is 790. The number of benzene rings is 1. The zero-order valence-corrected chi connectivity index (χ0v) is 17.6. The molecule has 1 heterocycles. The normalized spacial score (nSPS) is 25.0. The van der Waals surface area contributed by atoms with Gasteiger partial charge >= 0.3 is 18.2 Å². The minimum Gasteiger partial charge on any atom is -0.493 e. The number of fused-ring (bicyclic) bond motifs is 1. The lowest BCUT2D eigenvalue weighted by Gasteiger charge is -2.36. The Morgan fingerprint density at radius 2 is 1.77 bits per heavy atom. The van der Waals surface area contributed by atoms with Gasteiger partial charge in [-0.1, -0.05) is 6.07 Å². The van der Waals surface area contributed by atoms with E-state index in [0.29, 0.717) is 18.0 Å². The van der Waals surface area contributed by atoms with Crippen LogP contribution in [0.15, 0.2) is 18.2 Å². The van der Waals surface area contributed by atoms with Crippen LogP contribution in [0.3, 0.4) is 0 Å². The van der Waals surface area contributed by atoms with Crippen molar-refractivity contribution in [2.75, 3.05) is 21.3 Å². The van der Waals surface area contributed by atoms with E-state index in [0.717, 1.165) is 37.2 Å². The highest BCUT2D eigenvalue weighted by atomic mass is 19.4. The molecule has 11 heteroatoms. The third-order valence-electron chi connectivity index (χ3n) is 5.87. The fourth-order valence-electron chi connectivity index (χ4n) is 4.16. The fourth-order valence-corrected chi connectivity index (χ4v) is 4.16. The highest BCUT2D eigenvalue weighted by Gasteiger charge is 2.40. The molecular formula is C20H28F3N3O5. The predicted octanol–water partition coefficient (Wildman–Crippen LogP) is 2.92. The molecule has 3 rings (SSSR count). The summed E-state index contributed by atoms with van der Waals surface area (Å²) in [6.45, 7) is 0. The van der Waals surface area contributed by atoms with Crippen LogP contribution in [-0.4, -0.2) is 61.5 Å². The number of amides is 2.